The van der Waals surface area contributed by atoms with Crippen LogP contribution in [0.15, 0.2) is 4.99 Å². The van der Waals surface area contributed by atoms with Crippen molar-refractivity contribution in [3.8, 4) is 0 Å². The van der Waals surface area contributed by atoms with Crippen LogP contribution in [0.5, 0.6) is 0 Å². The first-order chi connectivity index (χ1) is 12.2. The van der Waals surface area contributed by atoms with E-state index in [-0.39, 0.29) is 17.5 Å². The fourth-order valence-electron chi connectivity index (χ4n) is 4.29. The Hall–Kier alpha value is -1.34. The molecule has 2 aliphatic heterocycles. The second-order valence-corrected chi connectivity index (χ2v) is 8.50. The molecular weight excluding hydrogens is 328 g/mol. The summed E-state index contributed by atoms with van der Waals surface area (Å²) in [7, 11) is 3.99. The summed E-state index contributed by atoms with van der Waals surface area (Å²) >= 11 is 0. The number of likely N-dealkylation sites (N-methyl/N-ethyl adjacent to an activating group) is 1. The number of carbonyl (C=O) groups is 1. The van der Waals surface area contributed by atoms with Crippen LogP contribution < -0.4 is 5.32 Å². The highest BCUT2D eigenvalue weighted by Gasteiger charge is 2.40. The van der Waals surface area contributed by atoms with Crippen LogP contribution in [0.2, 0.25) is 0 Å². The van der Waals surface area contributed by atoms with E-state index in [1.807, 2.05) is 4.90 Å². The molecule has 0 radical (unpaired) electrons. The molecule has 0 spiro atoms. The predicted molar refractivity (Wildman–Crippen MR) is 108 cm³/mol. The molecule has 2 fully saturated rings. The Balaban J connectivity index is 1.88. The van der Waals surface area contributed by atoms with E-state index in [1.165, 1.54) is 13.0 Å². The maximum absolute atomic E-state index is 12.7. The monoisotopic (exact) mass is 366 g/mol. The minimum absolute atomic E-state index is 0.176. The van der Waals surface area contributed by atoms with Crippen molar-refractivity contribution in [2.45, 2.75) is 45.7 Å². The van der Waals surface area contributed by atoms with Gasteiger partial charge in [0.25, 0.3) is 0 Å². The Morgan fingerprint density at radius 1 is 1.23 bits per heavy atom. The molecule has 0 aliphatic carbocycles. The number of guanidine groups is 1. The Morgan fingerprint density at radius 2 is 1.96 bits per heavy atom. The van der Waals surface area contributed by atoms with Crippen molar-refractivity contribution in [3.05, 3.63) is 0 Å². The van der Waals surface area contributed by atoms with Gasteiger partial charge in [-0.15, -0.1) is 0 Å². The van der Waals surface area contributed by atoms with Crippen molar-refractivity contribution in [1.82, 2.24) is 24.9 Å². The lowest BCUT2D eigenvalue weighted by Gasteiger charge is -2.49. The van der Waals surface area contributed by atoms with Crippen LogP contribution in [0.3, 0.4) is 0 Å². The zero-order chi connectivity index (χ0) is 19.3. The maximum atomic E-state index is 12.7. The minimum Gasteiger partial charge on any atom is -0.355 e. The Labute approximate surface area is 159 Å². The maximum Gasteiger partial charge on any atom is 0.242 e. The van der Waals surface area contributed by atoms with Crippen molar-refractivity contribution in [3.63, 3.8) is 0 Å². The highest BCUT2D eigenvalue weighted by atomic mass is 16.2. The Kier molecular flexibility index (Phi) is 7.29. The molecule has 2 aliphatic rings. The van der Waals surface area contributed by atoms with Gasteiger partial charge in [-0.1, -0.05) is 0 Å². The quantitative estimate of drug-likeness (QED) is 0.581. The van der Waals surface area contributed by atoms with E-state index in [1.54, 1.807) is 7.05 Å². The van der Waals surface area contributed by atoms with E-state index in [9.17, 15) is 4.79 Å². The van der Waals surface area contributed by atoms with Crippen molar-refractivity contribution >= 4 is 11.9 Å². The third kappa shape index (κ3) is 5.33. The van der Waals surface area contributed by atoms with E-state index in [2.05, 4.69) is 59.8 Å². The molecule has 1 amide bonds. The number of carbonyl (C=O) groups excluding carboxylic acids is 1. The third-order valence-electron chi connectivity index (χ3n) is 5.38. The van der Waals surface area contributed by atoms with Gasteiger partial charge < -0.3 is 24.9 Å². The van der Waals surface area contributed by atoms with Crippen LogP contribution in [-0.2, 0) is 4.79 Å². The van der Waals surface area contributed by atoms with Gasteiger partial charge in [0, 0.05) is 45.8 Å². The first kappa shape index (κ1) is 21.0. The summed E-state index contributed by atoms with van der Waals surface area (Å²) in [5.74, 6) is 1.01. The van der Waals surface area contributed by atoms with E-state index in [4.69, 9.17) is 0 Å². The van der Waals surface area contributed by atoms with E-state index in [0.29, 0.717) is 6.54 Å². The molecule has 7 heteroatoms. The second kappa shape index (κ2) is 9.04. The lowest BCUT2D eigenvalue weighted by Crippen LogP contribution is -2.66. The van der Waals surface area contributed by atoms with Crippen LogP contribution in [0.1, 0.15) is 34.1 Å². The lowest BCUT2D eigenvalue weighted by atomic mass is 9.96. The molecule has 0 unspecified atom stereocenters. The Bertz CT molecular complexity index is 504. The summed E-state index contributed by atoms with van der Waals surface area (Å²) in [5, 5.41) is 3.47. The number of nitrogens with one attached hydrogen (secondary N) is 1. The fraction of sp³-hybridized carbons (Fsp3) is 0.895. The molecule has 2 saturated heterocycles. The van der Waals surface area contributed by atoms with Crippen molar-refractivity contribution in [2.75, 3.05) is 66.5 Å². The molecule has 150 valence electrons. The topological polar surface area (TPSA) is 54.4 Å². The minimum atomic E-state index is -0.198. The fourth-order valence-corrected chi connectivity index (χ4v) is 4.29. The normalized spacial score (nSPS) is 23.5. The molecule has 0 aromatic carbocycles. The summed E-state index contributed by atoms with van der Waals surface area (Å²) in [5.41, 5.74) is -0.198. The third-order valence-corrected chi connectivity index (χ3v) is 5.38. The standard InChI is InChI=1S/C19H38N6O/c1-16(2)25-17(26)14-24(15-19(25,3)4)18(20-5)21-8-11-23-10-7-9-22(6)12-13-23/h16H,7-15H2,1-6H3,(H,20,21). The molecule has 0 bridgehead atoms. The van der Waals surface area contributed by atoms with E-state index >= 15 is 0 Å². The molecule has 26 heavy (non-hydrogen) atoms. The summed E-state index contributed by atoms with van der Waals surface area (Å²) < 4.78 is 0. The van der Waals surface area contributed by atoms with Gasteiger partial charge in [-0.05, 0) is 54.3 Å². The number of hydrogen-bond acceptors (Lipinski definition) is 4. The second-order valence-electron chi connectivity index (χ2n) is 8.50. The van der Waals surface area contributed by atoms with Gasteiger partial charge in [-0.2, -0.15) is 0 Å². The SMILES string of the molecule is CN=C(NCCN1CCCN(C)CC1)N1CC(=O)N(C(C)C)C(C)(C)C1. The molecule has 0 aromatic heterocycles. The van der Waals surface area contributed by atoms with Gasteiger partial charge >= 0.3 is 0 Å². The zero-order valence-corrected chi connectivity index (χ0v) is 17.6. The summed E-state index contributed by atoms with van der Waals surface area (Å²) in [6.45, 7) is 16.1. The summed E-state index contributed by atoms with van der Waals surface area (Å²) in [4.78, 5) is 26.1. The average molecular weight is 367 g/mol. The van der Waals surface area contributed by atoms with Crippen LogP contribution in [0, 0.1) is 0 Å². The first-order valence-electron chi connectivity index (χ1n) is 9.93. The molecule has 0 saturated carbocycles. The van der Waals surface area contributed by atoms with Gasteiger partial charge in [0.15, 0.2) is 5.96 Å². The van der Waals surface area contributed by atoms with E-state index < -0.39 is 0 Å². The predicted octanol–water partition coefficient (Wildman–Crippen LogP) is 0.531. The molecule has 7 nitrogen and oxygen atoms in total. The molecule has 0 atom stereocenters. The van der Waals surface area contributed by atoms with Gasteiger partial charge in [0.1, 0.15) is 0 Å². The average Bonchev–Trinajstić information content (AvgIpc) is 2.74. The Morgan fingerprint density at radius 3 is 2.58 bits per heavy atom. The summed E-state index contributed by atoms with van der Waals surface area (Å²) in [6.07, 6.45) is 1.23. The van der Waals surface area contributed by atoms with Crippen LogP contribution in [0.25, 0.3) is 0 Å². The number of hydrogen-bond donors (Lipinski definition) is 1. The number of nitrogens with zero attached hydrogens (tertiary/aromatic N) is 5. The van der Waals surface area contributed by atoms with Crippen LogP contribution >= 0.6 is 0 Å². The number of amides is 1. The largest absolute Gasteiger partial charge is 0.355 e. The molecule has 0 aromatic rings. The first-order valence-corrected chi connectivity index (χ1v) is 9.93. The van der Waals surface area contributed by atoms with Crippen molar-refractivity contribution in [1.29, 1.82) is 0 Å². The number of aliphatic imine (C=N–C) groups is 1. The molecular formula is C19H38N6O. The highest BCUT2D eigenvalue weighted by Crippen LogP contribution is 2.24. The lowest BCUT2D eigenvalue weighted by molar-refractivity contribution is -0.145. The molecule has 1 N–H and O–H groups in total. The van der Waals surface area contributed by atoms with Crippen molar-refractivity contribution in [2.24, 2.45) is 4.99 Å². The van der Waals surface area contributed by atoms with Gasteiger partial charge in [-0.3, -0.25) is 9.79 Å². The zero-order valence-electron chi connectivity index (χ0n) is 17.6. The van der Waals surface area contributed by atoms with E-state index in [0.717, 1.165) is 45.2 Å². The molecule has 2 heterocycles. The van der Waals surface area contributed by atoms with Crippen LogP contribution in [-0.4, -0.2) is 110 Å². The van der Waals surface area contributed by atoms with Crippen LogP contribution in [0.4, 0.5) is 0 Å². The smallest absolute Gasteiger partial charge is 0.242 e. The number of piperazine rings is 1. The number of rotatable bonds is 4. The molecule has 2 rings (SSSR count). The summed E-state index contributed by atoms with van der Waals surface area (Å²) in [6, 6.07) is 0.218. The van der Waals surface area contributed by atoms with Gasteiger partial charge in [0.2, 0.25) is 5.91 Å². The highest BCUT2D eigenvalue weighted by molar-refractivity contribution is 5.88. The van der Waals surface area contributed by atoms with Gasteiger partial charge in [0.05, 0.1) is 12.1 Å². The van der Waals surface area contributed by atoms with Crippen molar-refractivity contribution < 1.29 is 4.79 Å². The van der Waals surface area contributed by atoms with Gasteiger partial charge in [-0.25, -0.2) is 0 Å².